The van der Waals surface area contributed by atoms with E-state index < -0.39 is 5.91 Å². The van der Waals surface area contributed by atoms with E-state index in [1.54, 1.807) is 42.5 Å². The summed E-state index contributed by atoms with van der Waals surface area (Å²) in [6, 6.07) is 14.0. The van der Waals surface area contributed by atoms with Crippen molar-refractivity contribution in [3.63, 3.8) is 0 Å². The van der Waals surface area contributed by atoms with Gasteiger partial charge < -0.3 is 10.1 Å². The van der Waals surface area contributed by atoms with Gasteiger partial charge in [-0.2, -0.15) is 5.10 Å². The summed E-state index contributed by atoms with van der Waals surface area (Å²) in [6.07, 6.45) is 0. The number of fused-ring (bicyclic) bond motifs is 1. The molecule has 0 aromatic heterocycles. The van der Waals surface area contributed by atoms with Crippen molar-refractivity contribution in [2.45, 2.75) is 0 Å². The quantitative estimate of drug-likeness (QED) is 0.847. The van der Waals surface area contributed by atoms with Crippen molar-refractivity contribution in [1.82, 2.24) is 5.43 Å². The molecule has 6 heteroatoms. The minimum atomic E-state index is -0.442. The highest BCUT2D eigenvalue weighted by Gasteiger charge is 2.25. The Balaban J connectivity index is 1.85. The van der Waals surface area contributed by atoms with Crippen molar-refractivity contribution in [2.24, 2.45) is 5.10 Å². The molecule has 110 valence electrons. The van der Waals surface area contributed by atoms with E-state index in [-0.39, 0.29) is 11.6 Å². The van der Waals surface area contributed by atoms with E-state index in [0.29, 0.717) is 22.6 Å². The Labute approximate surface area is 126 Å². The average molecular weight is 295 g/mol. The van der Waals surface area contributed by atoms with Gasteiger partial charge in [0.25, 0.3) is 11.8 Å². The Hall–Kier alpha value is -3.15. The molecule has 2 aromatic rings. The lowest BCUT2D eigenvalue weighted by molar-refractivity contribution is -0.110. The van der Waals surface area contributed by atoms with Gasteiger partial charge in [-0.1, -0.05) is 30.3 Å². The van der Waals surface area contributed by atoms with E-state index in [1.807, 2.05) is 6.07 Å². The zero-order valence-electron chi connectivity index (χ0n) is 11.8. The summed E-state index contributed by atoms with van der Waals surface area (Å²) in [5, 5.41) is 6.63. The van der Waals surface area contributed by atoms with Gasteiger partial charge in [0, 0.05) is 5.56 Å². The second-order valence-electron chi connectivity index (χ2n) is 4.60. The Kier molecular flexibility index (Phi) is 3.57. The number of carbonyl (C=O) groups excluding carboxylic acids is 2. The second kappa shape index (κ2) is 5.69. The Morgan fingerprint density at radius 3 is 2.68 bits per heavy atom. The summed E-state index contributed by atoms with van der Waals surface area (Å²) in [4.78, 5) is 24.1. The van der Waals surface area contributed by atoms with E-state index in [0.717, 1.165) is 0 Å². The highest BCUT2D eigenvalue weighted by Crippen LogP contribution is 2.22. The molecule has 22 heavy (non-hydrogen) atoms. The molecule has 0 saturated heterocycles. The number of rotatable bonds is 3. The maximum Gasteiger partial charge on any atom is 0.276 e. The molecule has 2 amide bonds. The number of hydrogen-bond donors (Lipinski definition) is 2. The van der Waals surface area contributed by atoms with Gasteiger partial charge in [0.2, 0.25) is 0 Å². The summed E-state index contributed by atoms with van der Waals surface area (Å²) >= 11 is 0. The third kappa shape index (κ3) is 2.42. The molecule has 0 radical (unpaired) electrons. The zero-order chi connectivity index (χ0) is 15.5. The van der Waals surface area contributed by atoms with Crippen molar-refractivity contribution in [3.05, 3.63) is 59.7 Å². The van der Waals surface area contributed by atoms with E-state index >= 15 is 0 Å². The van der Waals surface area contributed by atoms with Crippen molar-refractivity contribution >= 4 is 23.2 Å². The van der Waals surface area contributed by atoms with E-state index in [9.17, 15) is 9.59 Å². The highest BCUT2D eigenvalue weighted by atomic mass is 16.5. The van der Waals surface area contributed by atoms with Crippen LogP contribution in [0.2, 0.25) is 0 Å². The lowest BCUT2D eigenvalue weighted by Crippen LogP contribution is -2.23. The number of nitrogens with zero attached hydrogens (tertiary/aromatic N) is 1. The molecule has 0 unspecified atom stereocenters. The number of anilines is 1. The Bertz CT molecular complexity index is 784. The summed E-state index contributed by atoms with van der Waals surface area (Å²) < 4.78 is 5.13. The topological polar surface area (TPSA) is 79.8 Å². The van der Waals surface area contributed by atoms with Crippen LogP contribution in [0.25, 0.3) is 0 Å². The number of para-hydroxylation sites is 2. The number of amides is 2. The summed E-state index contributed by atoms with van der Waals surface area (Å²) in [5.41, 5.74) is 4.26. The first-order valence-corrected chi connectivity index (χ1v) is 6.62. The van der Waals surface area contributed by atoms with Crippen LogP contribution in [0.1, 0.15) is 15.9 Å². The largest absolute Gasteiger partial charge is 0.496 e. The van der Waals surface area contributed by atoms with Crippen LogP contribution in [0.15, 0.2) is 53.6 Å². The van der Waals surface area contributed by atoms with Gasteiger partial charge in [-0.3, -0.25) is 9.59 Å². The number of nitrogens with one attached hydrogen (secondary N) is 2. The minimum Gasteiger partial charge on any atom is -0.496 e. The number of hydrogen-bond acceptors (Lipinski definition) is 4. The molecule has 6 nitrogen and oxygen atoms in total. The van der Waals surface area contributed by atoms with Crippen molar-refractivity contribution in [3.8, 4) is 5.75 Å². The van der Waals surface area contributed by atoms with Crippen LogP contribution < -0.4 is 15.5 Å². The van der Waals surface area contributed by atoms with E-state index in [2.05, 4.69) is 15.8 Å². The first-order valence-electron chi connectivity index (χ1n) is 6.62. The monoisotopic (exact) mass is 295 g/mol. The fraction of sp³-hybridized carbons (Fsp3) is 0.0625. The van der Waals surface area contributed by atoms with Gasteiger partial charge in [-0.15, -0.1) is 0 Å². The van der Waals surface area contributed by atoms with Gasteiger partial charge in [-0.05, 0) is 18.2 Å². The lowest BCUT2D eigenvalue weighted by Gasteiger charge is -2.06. The number of carbonyl (C=O) groups is 2. The predicted molar refractivity (Wildman–Crippen MR) is 82.1 cm³/mol. The maximum absolute atomic E-state index is 12.2. The van der Waals surface area contributed by atoms with E-state index in [1.165, 1.54) is 7.11 Å². The Morgan fingerprint density at radius 1 is 1.14 bits per heavy atom. The zero-order valence-corrected chi connectivity index (χ0v) is 11.8. The molecule has 0 atom stereocenters. The van der Waals surface area contributed by atoms with Crippen LogP contribution in [0.3, 0.4) is 0 Å². The number of hydrazone groups is 1. The van der Waals surface area contributed by atoms with Crippen LogP contribution in [-0.4, -0.2) is 24.6 Å². The number of benzene rings is 2. The van der Waals surface area contributed by atoms with Gasteiger partial charge in [-0.25, -0.2) is 5.43 Å². The predicted octanol–water partition coefficient (Wildman–Crippen LogP) is 1.78. The fourth-order valence-corrected chi connectivity index (χ4v) is 2.21. The van der Waals surface area contributed by atoms with Gasteiger partial charge >= 0.3 is 0 Å². The standard InChI is InChI=1S/C16H13N3O3/c1-22-13-9-5-3-7-11(13)15(20)19-18-14-10-6-2-4-8-12(10)17-16(14)21/h2-9H,1H3,(H,19,20)(H,17,18,21). The molecule has 2 N–H and O–H groups in total. The lowest BCUT2D eigenvalue weighted by atomic mass is 10.1. The van der Waals surface area contributed by atoms with E-state index in [4.69, 9.17) is 4.74 Å². The molecule has 1 heterocycles. The molecular formula is C16H13N3O3. The van der Waals surface area contributed by atoms with Crippen LogP contribution in [0.5, 0.6) is 5.75 Å². The molecule has 1 aliphatic heterocycles. The van der Waals surface area contributed by atoms with Crippen molar-refractivity contribution in [2.75, 3.05) is 12.4 Å². The normalized spacial score (nSPS) is 14.4. The van der Waals surface area contributed by atoms with Crippen molar-refractivity contribution in [1.29, 1.82) is 0 Å². The third-order valence-corrected chi connectivity index (χ3v) is 3.27. The fourth-order valence-electron chi connectivity index (χ4n) is 2.21. The Morgan fingerprint density at radius 2 is 1.86 bits per heavy atom. The van der Waals surface area contributed by atoms with Crippen LogP contribution in [0.4, 0.5) is 5.69 Å². The van der Waals surface area contributed by atoms with Crippen LogP contribution in [-0.2, 0) is 4.79 Å². The first-order chi connectivity index (χ1) is 10.7. The molecule has 2 aromatic carbocycles. The molecule has 0 bridgehead atoms. The third-order valence-electron chi connectivity index (χ3n) is 3.27. The smallest absolute Gasteiger partial charge is 0.276 e. The molecule has 0 fully saturated rings. The van der Waals surface area contributed by atoms with Crippen LogP contribution in [0, 0.1) is 0 Å². The molecule has 3 rings (SSSR count). The minimum absolute atomic E-state index is 0.179. The van der Waals surface area contributed by atoms with Crippen molar-refractivity contribution < 1.29 is 14.3 Å². The number of methoxy groups -OCH3 is 1. The molecule has 0 spiro atoms. The van der Waals surface area contributed by atoms with Gasteiger partial charge in [0.1, 0.15) is 5.75 Å². The van der Waals surface area contributed by atoms with Gasteiger partial charge in [0.05, 0.1) is 18.4 Å². The molecule has 0 saturated carbocycles. The summed E-state index contributed by atoms with van der Waals surface area (Å²) in [6.45, 7) is 0. The first kappa shape index (κ1) is 13.8. The second-order valence-corrected chi connectivity index (χ2v) is 4.60. The molecule has 0 aliphatic carbocycles. The number of ether oxygens (including phenoxy) is 1. The SMILES string of the molecule is COc1ccccc1C(=O)N/N=C1/C(=O)Nc2ccccc21. The summed E-state index contributed by atoms with van der Waals surface area (Å²) in [7, 11) is 1.48. The van der Waals surface area contributed by atoms with Gasteiger partial charge in [0.15, 0.2) is 5.71 Å². The average Bonchev–Trinajstić information content (AvgIpc) is 2.87. The molecular weight excluding hydrogens is 282 g/mol. The van der Waals surface area contributed by atoms with Crippen LogP contribution >= 0.6 is 0 Å². The molecule has 1 aliphatic rings. The summed E-state index contributed by atoms with van der Waals surface area (Å²) in [5.74, 6) is -0.347. The maximum atomic E-state index is 12.2. The highest BCUT2D eigenvalue weighted by molar-refractivity contribution is 6.53.